The number of hydrogen-bond donors (Lipinski definition) is 2. The Morgan fingerprint density at radius 2 is 2.19 bits per heavy atom. The molecule has 0 radical (unpaired) electrons. The normalized spacial score (nSPS) is 17.7. The lowest BCUT2D eigenvalue weighted by Gasteiger charge is -2.17. The van der Waals surface area contributed by atoms with E-state index in [0.29, 0.717) is 36.8 Å². The van der Waals surface area contributed by atoms with Gasteiger partial charge in [0.05, 0.1) is 5.92 Å². The van der Waals surface area contributed by atoms with Gasteiger partial charge < -0.3 is 15.5 Å². The highest BCUT2D eigenvalue weighted by molar-refractivity contribution is 6.31. The minimum Gasteiger partial charge on any atom is -0.356 e. The fourth-order valence-electron chi connectivity index (χ4n) is 2.40. The van der Waals surface area contributed by atoms with Gasteiger partial charge in [-0.2, -0.15) is 0 Å². The minimum atomic E-state index is -0.177. The summed E-state index contributed by atoms with van der Waals surface area (Å²) in [4.78, 5) is 25.6. The van der Waals surface area contributed by atoms with Crippen LogP contribution in [0.25, 0.3) is 0 Å². The molecule has 0 aromatic heterocycles. The molecule has 2 rings (SSSR count). The molecule has 1 aromatic carbocycles. The number of halogens is 1. The van der Waals surface area contributed by atoms with Crippen molar-refractivity contribution in [3.63, 3.8) is 0 Å². The molecule has 21 heavy (non-hydrogen) atoms. The predicted octanol–water partition coefficient (Wildman–Crippen LogP) is 2.64. The molecule has 0 aliphatic carbocycles. The van der Waals surface area contributed by atoms with Gasteiger partial charge in [-0.3, -0.25) is 4.79 Å². The Kier molecular flexibility index (Phi) is 5.07. The molecule has 0 saturated carbocycles. The fraction of sp³-hybridized carbons (Fsp3) is 0.467. The number of amides is 3. The van der Waals surface area contributed by atoms with E-state index in [-0.39, 0.29) is 17.9 Å². The van der Waals surface area contributed by atoms with Gasteiger partial charge in [0.15, 0.2) is 0 Å². The van der Waals surface area contributed by atoms with Crippen LogP contribution in [0.3, 0.4) is 0 Å². The highest BCUT2D eigenvalue weighted by atomic mass is 35.5. The van der Waals surface area contributed by atoms with E-state index in [9.17, 15) is 9.59 Å². The summed E-state index contributed by atoms with van der Waals surface area (Å²) in [5.74, 6) is -0.0854. The van der Waals surface area contributed by atoms with Crippen LogP contribution in [0, 0.1) is 12.8 Å². The first-order valence-corrected chi connectivity index (χ1v) is 7.49. The molecule has 3 amide bonds. The lowest BCUT2D eigenvalue weighted by atomic mass is 10.1. The van der Waals surface area contributed by atoms with E-state index in [1.54, 1.807) is 17.0 Å². The highest BCUT2D eigenvalue weighted by Gasteiger charge is 2.30. The second kappa shape index (κ2) is 6.80. The SMILES string of the molecule is CCNC(=O)[C@H]1CCN(C(=O)Nc2ccc(Cl)c(C)c2)C1. The van der Waals surface area contributed by atoms with E-state index >= 15 is 0 Å². The van der Waals surface area contributed by atoms with Crippen LogP contribution in [-0.2, 0) is 4.79 Å². The number of carbonyl (C=O) groups excluding carboxylic acids is 2. The molecule has 1 aliphatic heterocycles. The van der Waals surface area contributed by atoms with E-state index in [0.717, 1.165) is 5.56 Å². The van der Waals surface area contributed by atoms with E-state index < -0.39 is 0 Å². The summed E-state index contributed by atoms with van der Waals surface area (Å²) in [7, 11) is 0. The number of likely N-dealkylation sites (tertiary alicyclic amines) is 1. The van der Waals surface area contributed by atoms with Crippen molar-refractivity contribution in [1.29, 1.82) is 0 Å². The summed E-state index contributed by atoms with van der Waals surface area (Å²) < 4.78 is 0. The Bertz CT molecular complexity index is 548. The average molecular weight is 310 g/mol. The van der Waals surface area contributed by atoms with Gasteiger partial charge in [0.2, 0.25) is 5.91 Å². The molecule has 0 bridgehead atoms. The van der Waals surface area contributed by atoms with Crippen LogP contribution >= 0.6 is 11.6 Å². The monoisotopic (exact) mass is 309 g/mol. The van der Waals surface area contributed by atoms with Gasteiger partial charge in [-0.05, 0) is 44.0 Å². The van der Waals surface area contributed by atoms with Crippen molar-refractivity contribution in [2.24, 2.45) is 5.92 Å². The summed E-state index contributed by atoms with van der Waals surface area (Å²) in [6, 6.07) is 5.18. The number of nitrogens with one attached hydrogen (secondary N) is 2. The zero-order valence-electron chi connectivity index (χ0n) is 12.3. The molecule has 1 saturated heterocycles. The first-order valence-electron chi connectivity index (χ1n) is 7.11. The van der Waals surface area contributed by atoms with Gasteiger partial charge in [-0.1, -0.05) is 11.6 Å². The molecule has 1 aromatic rings. The number of carbonyl (C=O) groups is 2. The fourth-order valence-corrected chi connectivity index (χ4v) is 2.52. The minimum absolute atomic E-state index is 0.0233. The van der Waals surface area contributed by atoms with Crippen molar-refractivity contribution in [2.45, 2.75) is 20.3 Å². The molecule has 1 fully saturated rings. The Morgan fingerprint density at radius 3 is 2.86 bits per heavy atom. The van der Waals surface area contributed by atoms with Crippen LogP contribution in [0.2, 0.25) is 5.02 Å². The third-order valence-electron chi connectivity index (χ3n) is 3.61. The number of nitrogens with zero attached hydrogens (tertiary/aromatic N) is 1. The molecular formula is C15H20ClN3O2. The van der Waals surface area contributed by atoms with Gasteiger partial charge in [0.1, 0.15) is 0 Å². The van der Waals surface area contributed by atoms with Gasteiger partial charge in [-0.25, -0.2) is 4.79 Å². The zero-order valence-corrected chi connectivity index (χ0v) is 13.0. The van der Waals surface area contributed by atoms with Crippen molar-refractivity contribution < 1.29 is 9.59 Å². The second-order valence-electron chi connectivity index (χ2n) is 5.22. The lowest BCUT2D eigenvalue weighted by Crippen LogP contribution is -2.36. The van der Waals surface area contributed by atoms with E-state index in [1.165, 1.54) is 0 Å². The van der Waals surface area contributed by atoms with Crippen LogP contribution in [0.4, 0.5) is 10.5 Å². The topological polar surface area (TPSA) is 61.4 Å². The second-order valence-corrected chi connectivity index (χ2v) is 5.63. The smallest absolute Gasteiger partial charge is 0.321 e. The lowest BCUT2D eigenvalue weighted by molar-refractivity contribution is -0.124. The maximum Gasteiger partial charge on any atom is 0.321 e. The van der Waals surface area contributed by atoms with Crippen molar-refractivity contribution >= 4 is 29.2 Å². The quantitative estimate of drug-likeness (QED) is 0.901. The van der Waals surface area contributed by atoms with Crippen molar-refractivity contribution in [1.82, 2.24) is 10.2 Å². The summed E-state index contributed by atoms with van der Waals surface area (Å²) in [6.07, 6.45) is 0.707. The molecule has 6 heteroatoms. The molecule has 1 aliphatic rings. The first-order chi connectivity index (χ1) is 10.0. The number of rotatable bonds is 3. The predicted molar refractivity (Wildman–Crippen MR) is 83.6 cm³/mol. The highest BCUT2D eigenvalue weighted by Crippen LogP contribution is 2.21. The summed E-state index contributed by atoms with van der Waals surface area (Å²) in [6.45, 7) is 5.45. The van der Waals surface area contributed by atoms with Crippen LogP contribution in [0.15, 0.2) is 18.2 Å². The average Bonchev–Trinajstić information content (AvgIpc) is 2.93. The number of hydrogen-bond acceptors (Lipinski definition) is 2. The third-order valence-corrected chi connectivity index (χ3v) is 4.03. The molecule has 1 heterocycles. The largest absolute Gasteiger partial charge is 0.356 e. The van der Waals surface area contributed by atoms with Crippen LogP contribution in [-0.4, -0.2) is 36.5 Å². The first kappa shape index (κ1) is 15.6. The molecule has 5 nitrogen and oxygen atoms in total. The van der Waals surface area contributed by atoms with Crippen molar-refractivity contribution in [3.05, 3.63) is 28.8 Å². The third kappa shape index (κ3) is 3.88. The van der Waals surface area contributed by atoms with Crippen molar-refractivity contribution in [3.8, 4) is 0 Å². The molecule has 114 valence electrons. The Balaban J connectivity index is 1.92. The maximum atomic E-state index is 12.2. The molecule has 0 spiro atoms. The number of anilines is 1. The summed E-state index contributed by atoms with van der Waals surface area (Å²) in [5.41, 5.74) is 1.62. The Labute approximate surface area is 129 Å². The maximum absolute atomic E-state index is 12.2. The number of benzene rings is 1. The van der Waals surface area contributed by atoms with Gasteiger partial charge in [0, 0.05) is 30.3 Å². The van der Waals surface area contributed by atoms with Crippen LogP contribution < -0.4 is 10.6 Å². The molecule has 2 N–H and O–H groups in total. The Morgan fingerprint density at radius 1 is 1.43 bits per heavy atom. The van der Waals surface area contributed by atoms with E-state index in [1.807, 2.05) is 19.9 Å². The van der Waals surface area contributed by atoms with Crippen LogP contribution in [0.5, 0.6) is 0 Å². The number of aryl methyl sites for hydroxylation is 1. The van der Waals surface area contributed by atoms with Crippen LogP contribution in [0.1, 0.15) is 18.9 Å². The standard InChI is InChI=1S/C15H20ClN3O2/c1-3-17-14(20)11-6-7-19(9-11)15(21)18-12-4-5-13(16)10(2)8-12/h4-5,8,11H,3,6-7,9H2,1-2H3,(H,17,20)(H,18,21)/t11-/m0/s1. The molecular weight excluding hydrogens is 290 g/mol. The Hall–Kier alpha value is -1.75. The zero-order chi connectivity index (χ0) is 15.4. The summed E-state index contributed by atoms with van der Waals surface area (Å²) >= 11 is 5.96. The van der Waals surface area contributed by atoms with E-state index in [4.69, 9.17) is 11.6 Å². The van der Waals surface area contributed by atoms with Gasteiger partial charge in [0.25, 0.3) is 0 Å². The van der Waals surface area contributed by atoms with Gasteiger partial charge >= 0.3 is 6.03 Å². The van der Waals surface area contributed by atoms with Gasteiger partial charge in [-0.15, -0.1) is 0 Å². The molecule has 0 unspecified atom stereocenters. The van der Waals surface area contributed by atoms with E-state index in [2.05, 4.69) is 10.6 Å². The summed E-state index contributed by atoms with van der Waals surface area (Å²) in [5, 5.41) is 6.31. The van der Waals surface area contributed by atoms with Crippen molar-refractivity contribution in [2.75, 3.05) is 25.0 Å². The number of urea groups is 1. The molecule has 1 atom stereocenters.